The number of hydrogen-bond donors (Lipinski definition) is 1. The Morgan fingerprint density at radius 1 is 1.16 bits per heavy atom. The molecule has 0 aliphatic carbocycles. The fourth-order valence-electron chi connectivity index (χ4n) is 2.43. The van der Waals surface area contributed by atoms with Crippen LogP contribution >= 0.6 is 0 Å². The molecule has 1 aromatic heterocycles. The van der Waals surface area contributed by atoms with Gasteiger partial charge in [0.2, 0.25) is 0 Å². The second kappa shape index (κ2) is 6.02. The molecule has 0 spiro atoms. The molecule has 0 atom stereocenters. The number of nitrogens with zero attached hydrogens (tertiary/aromatic N) is 2. The van der Waals surface area contributed by atoms with Gasteiger partial charge in [-0.3, -0.25) is 0 Å². The van der Waals surface area contributed by atoms with Crippen LogP contribution in [0.5, 0.6) is 0 Å². The summed E-state index contributed by atoms with van der Waals surface area (Å²) in [5, 5.41) is 8.10. The summed E-state index contributed by atoms with van der Waals surface area (Å²) in [4.78, 5) is 0. The molecule has 102 valence electrons. The van der Waals surface area contributed by atoms with E-state index in [2.05, 4.69) is 62.0 Å². The summed E-state index contributed by atoms with van der Waals surface area (Å²) in [5.41, 5.74) is 6.20. The van der Waals surface area contributed by atoms with Gasteiger partial charge in [0, 0.05) is 17.8 Å². The predicted molar refractivity (Wildman–Crippen MR) is 79.8 cm³/mol. The van der Waals surface area contributed by atoms with Gasteiger partial charge in [0.05, 0.1) is 11.4 Å². The van der Waals surface area contributed by atoms with E-state index in [1.165, 1.54) is 22.5 Å². The Morgan fingerprint density at radius 3 is 2.58 bits per heavy atom. The van der Waals surface area contributed by atoms with E-state index in [0.29, 0.717) is 0 Å². The van der Waals surface area contributed by atoms with E-state index >= 15 is 0 Å². The second-order valence-corrected chi connectivity index (χ2v) is 4.82. The van der Waals surface area contributed by atoms with Gasteiger partial charge in [0.1, 0.15) is 0 Å². The molecular formula is C16H23N3. The third-order valence-corrected chi connectivity index (χ3v) is 3.59. The topological polar surface area (TPSA) is 29.9 Å². The number of aromatic nitrogens is 2. The minimum Gasteiger partial charge on any atom is -0.313 e. The summed E-state index contributed by atoms with van der Waals surface area (Å²) >= 11 is 0. The highest BCUT2D eigenvalue weighted by molar-refractivity contribution is 5.43. The molecule has 0 aliphatic heterocycles. The Hall–Kier alpha value is -1.61. The Bertz CT molecular complexity index is 555. The first-order valence-electron chi connectivity index (χ1n) is 7.03. The van der Waals surface area contributed by atoms with E-state index < -0.39 is 0 Å². The molecule has 2 aromatic rings. The van der Waals surface area contributed by atoms with E-state index in [1.807, 2.05) is 0 Å². The van der Waals surface area contributed by atoms with Gasteiger partial charge in [0.25, 0.3) is 0 Å². The maximum atomic E-state index is 4.72. The zero-order valence-electron chi connectivity index (χ0n) is 12.3. The molecule has 0 saturated heterocycles. The van der Waals surface area contributed by atoms with Crippen molar-refractivity contribution < 1.29 is 0 Å². The number of nitrogens with one attached hydrogen (secondary N) is 1. The van der Waals surface area contributed by atoms with Gasteiger partial charge >= 0.3 is 0 Å². The van der Waals surface area contributed by atoms with Gasteiger partial charge in [0.15, 0.2) is 0 Å². The van der Waals surface area contributed by atoms with Gasteiger partial charge in [-0.15, -0.1) is 0 Å². The van der Waals surface area contributed by atoms with Gasteiger partial charge in [-0.25, -0.2) is 4.68 Å². The molecule has 1 N–H and O–H groups in total. The minimum atomic E-state index is 0.891. The summed E-state index contributed by atoms with van der Waals surface area (Å²) in [7, 11) is 0. The lowest BCUT2D eigenvalue weighted by atomic mass is 10.1. The molecule has 3 heteroatoms. The van der Waals surface area contributed by atoms with Crippen LogP contribution in [0, 0.1) is 13.8 Å². The first-order chi connectivity index (χ1) is 9.19. The lowest BCUT2D eigenvalue weighted by Gasteiger charge is -2.10. The average Bonchev–Trinajstić information content (AvgIpc) is 2.71. The molecule has 0 amide bonds. The molecule has 0 aliphatic rings. The zero-order valence-corrected chi connectivity index (χ0v) is 12.3. The van der Waals surface area contributed by atoms with Gasteiger partial charge < -0.3 is 5.32 Å². The quantitative estimate of drug-likeness (QED) is 0.891. The molecule has 0 bridgehead atoms. The Balaban J connectivity index is 2.45. The second-order valence-electron chi connectivity index (χ2n) is 4.82. The van der Waals surface area contributed by atoms with Crippen LogP contribution < -0.4 is 5.32 Å². The summed E-state index contributed by atoms with van der Waals surface area (Å²) < 4.78 is 2.08. The highest BCUT2D eigenvalue weighted by Gasteiger charge is 2.13. The van der Waals surface area contributed by atoms with E-state index in [0.717, 1.165) is 25.2 Å². The molecule has 2 rings (SSSR count). The summed E-state index contributed by atoms with van der Waals surface area (Å²) in [6, 6.07) is 8.49. The maximum absolute atomic E-state index is 4.72. The molecular weight excluding hydrogens is 234 g/mol. The molecule has 0 fully saturated rings. The van der Waals surface area contributed by atoms with Crippen LogP contribution in [-0.2, 0) is 13.0 Å². The van der Waals surface area contributed by atoms with Crippen LogP contribution in [0.15, 0.2) is 24.3 Å². The van der Waals surface area contributed by atoms with Crippen LogP contribution in [0.2, 0.25) is 0 Å². The van der Waals surface area contributed by atoms with Crippen molar-refractivity contribution in [3.8, 4) is 5.69 Å². The third kappa shape index (κ3) is 2.71. The largest absolute Gasteiger partial charge is 0.313 e. The monoisotopic (exact) mass is 257 g/mol. The lowest BCUT2D eigenvalue weighted by molar-refractivity contribution is 0.719. The van der Waals surface area contributed by atoms with Crippen LogP contribution in [-0.4, -0.2) is 16.3 Å². The number of rotatable bonds is 5. The fourth-order valence-corrected chi connectivity index (χ4v) is 2.43. The van der Waals surface area contributed by atoms with Crippen molar-refractivity contribution in [2.45, 2.75) is 40.7 Å². The fraction of sp³-hybridized carbons (Fsp3) is 0.438. The number of aryl methyl sites for hydroxylation is 2. The SMILES string of the molecule is CCNCc1c(C)nn(-c2ccccc2CC)c1C. The van der Waals surface area contributed by atoms with E-state index in [9.17, 15) is 0 Å². The smallest absolute Gasteiger partial charge is 0.0680 e. The number of benzene rings is 1. The Morgan fingerprint density at radius 2 is 1.89 bits per heavy atom. The van der Waals surface area contributed by atoms with Crippen molar-refractivity contribution in [3.05, 3.63) is 46.8 Å². The number of hydrogen-bond acceptors (Lipinski definition) is 2. The Kier molecular flexibility index (Phi) is 4.38. The van der Waals surface area contributed by atoms with Crippen LogP contribution in [0.3, 0.4) is 0 Å². The summed E-state index contributed by atoms with van der Waals surface area (Å²) in [5.74, 6) is 0. The molecule has 1 aromatic carbocycles. The van der Waals surface area contributed by atoms with Crippen molar-refractivity contribution in [2.24, 2.45) is 0 Å². The highest BCUT2D eigenvalue weighted by atomic mass is 15.3. The normalized spacial score (nSPS) is 10.9. The number of para-hydroxylation sites is 1. The first kappa shape index (κ1) is 13.8. The summed E-state index contributed by atoms with van der Waals surface area (Å²) in [6.45, 7) is 10.4. The molecule has 19 heavy (non-hydrogen) atoms. The Labute approximate surface area is 115 Å². The lowest BCUT2D eigenvalue weighted by Crippen LogP contribution is -2.13. The summed E-state index contributed by atoms with van der Waals surface area (Å²) in [6.07, 6.45) is 1.02. The third-order valence-electron chi connectivity index (χ3n) is 3.59. The minimum absolute atomic E-state index is 0.891. The van der Waals surface area contributed by atoms with E-state index in [-0.39, 0.29) is 0 Å². The van der Waals surface area contributed by atoms with Crippen LogP contribution in [0.25, 0.3) is 5.69 Å². The highest BCUT2D eigenvalue weighted by Crippen LogP contribution is 2.21. The van der Waals surface area contributed by atoms with Crippen molar-refractivity contribution in [1.82, 2.24) is 15.1 Å². The van der Waals surface area contributed by atoms with Crippen LogP contribution in [0.1, 0.15) is 36.4 Å². The predicted octanol–water partition coefficient (Wildman–Crippen LogP) is 3.16. The molecule has 0 unspecified atom stereocenters. The van der Waals surface area contributed by atoms with E-state index in [1.54, 1.807) is 0 Å². The van der Waals surface area contributed by atoms with Crippen molar-refractivity contribution in [1.29, 1.82) is 0 Å². The molecule has 0 saturated carbocycles. The molecule has 3 nitrogen and oxygen atoms in total. The van der Waals surface area contributed by atoms with Crippen molar-refractivity contribution in [3.63, 3.8) is 0 Å². The molecule has 1 heterocycles. The molecule has 0 radical (unpaired) electrons. The standard InChI is InChI=1S/C16H23N3/c1-5-14-9-7-8-10-16(14)19-13(4)15(11-17-6-2)12(3)18-19/h7-10,17H,5-6,11H2,1-4H3. The zero-order chi connectivity index (χ0) is 13.8. The van der Waals surface area contributed by atoms with Gasteiger partial charge in [-0.2, -0.15) is 5.10 Å². The van der Waals surface area contributed by atoms with E-state index in [4.69, 9.17) is 5.10 Å². The van der Waals surface area contributed by atoms with Gasteiger partial charge in [-0.1, -0.05) is 32.0 Å². The average molecular weight is 257 g/mol. The van der Waals surface area contributed by atoms with Gasteiger partial charge in [-0.05, 0) is 38.4 Å². The van der Waals surface area contributed by atoms with Crippen LogP contribution in [0.4, 0.5) is 0 Å². The van der Waals surface area contributed by atoms with Crippen molar-refractivity contribution >= 4 is 0 Å². The maximum Gasteiger partial charge on any atom is 0.0680 e. The van der Waals surface area contributed by atoms with Crippen molar-refractivity contribution in [2.75, 3.05) is 6.54 Å². The first-order valence-corrected chi connectivity index (χ1v) is 7.03.